The molecular formula is C27H21N3O2S2. The molecule has 0 bridgehead atoms. The summed E-state index contributed by atoms with van der Waals surface area (Å²) in [6.07, 6.45) is 0. The molecule has 0 aliphatic carbocycles. The predicted octanol–water partition coefficient (Wildman–Crippen LogP) is 6.03. The van der Waals surface area contributed by atoms with E-state index in [0.29, 0.717) is 21.5 Å². The third-order valence-corrected chi connectivity index (χ3v) is 7.35. The Morgan fingerprint density at radius 1 is 0.853 bits per heavy atom. The predicted molar refractivity (Wildman–Crippen MR) is 140 cm³/mol. The number of H-pyrrole nitrogens is 2. The van der Waals surface area contributed by atoms with Crippen molar-refractivity contribution in [1.29, 1.82) is 0 Å². The van der Waals surface area contributed by atoms with E-state index in [-0.39, 0.29) is 11.1 Å². The maximum Gasteiger partial charge on any atom is 0.263 e. The largest absolute Gasteiger partial charge is 0.321 e. The van der Waals surface area contributed by atoms with Crippen molar-refractivity contribution in [1.82, 2.24) is 15.0 Å². The molecule has 5 aromatic rings. The molecule has 3 aromatic carbocycles. The summed E-state index contributed by atoms with van der Waals surface area (Å²) in [5.74, 6) is 0.556. The number of fused-ring (bicyclic) bond motifs is 1. The number of aromatic nitrogens is 3. The Balaban J connectivity index is 1.53. The van der Waals surface area contributed by atoms with Crippen LogP contribution in [0.3, 0.4) is 0 Å². The van der Waals surface area contributed by atoms with Crippen LogP contribution in [0.25, 0.3) is 22.0 Å². The molecule has 0 spiro atoms. The average molecular weight is 484 g/mol. The number of hydrogen-bond acceptors (Lipinski definition) is 5. The van der Waals surface area contributed by atoms with Crippen LogP contribution in [-0.4, -0.2) is 15.0 Å². The van der Waals surface area contributed by atoms with Crippen LogP contribution in [-0.2, 0) is 5.75 Å². The molecule has 0 aliphatic heterocycles. The first-order valence-corrected chi connectivity index (χ1v) is 12.5. The smallest absolute Gasteiger partial charge is 0.263 e. The number of para-hydroxylation sites is 1. The molecule has 0 atom stereocenters. The van der Waals surface area contributed by atoms with Crippen LogP contribution < -0.4 is 11.1 Å². The van der Waals surface area contributed by atoms with E-state index >= 15 is 0 Å². The highest BCUT2D eigenvalue weighted by Crippen LogP contribution is 2.36. The van der Waals surface area contributed by atoms with Gasteiger partial charge < -0.3 is 9.97 Å². The molecule has 5 rings (SSSR count). The van der Waals surface area contributed by atoms with E-state index in [1.165, 1.54) is 23.4 Å². The highest BCUT2D eigenvalue weighted by atomic mass is 32.2. The fraction of sp³-hybridized carbons (Fsp3) is 0.0741. The fourth-order valence-electron chi connectivity index (χ4n) is 3.71. The molecule has 34 heavy (non-hydrogen) atoms. The third-order valence-electron chi connectivity index (χ3n) is 5.32. The summed E-state index contributed by atoms with van der Waals surface area (Å²) in [5, 5.41) is 1.33. The van der Waals surface area contributed by atoms with E-state index in [0.717, 1.165) is 26.9 Å². The number of hydrogen-bond donors (Lipinski definition) is 2. The van der Waals surface area contributed by atoms with E-state index in [4.69, 9.17) is 0 Å². The Kier molecular flexibility index (Phi) is 6.38. The van der Waals surface area contributed by atoms with Gasteiger partial charge in [-0.3, -0.25) is 9.59 Å². The summed E-state index contributed by atoms with van der Waals surface area (Å²) in [7, 11) is 0. The third kappa shape index (κ3) is 4.85. The van der Waals surface area contributed by atoms with Crippen molar-refractivity contribution in [3.8, 4) is 11.1 Å². The van der Waals surface area contributed by atoms with Gasteiger partial charge in [-0.2, -0.15) is 0 Å². The molecule has 0 fully saturated rings. The van der Waals surface area contributed by atoms with Gasteiger partial charge in [0.2, 0.25) is 0 Å². The van der Waals surface area contributed by atoms with Crippen molar-refractivity contribution in [2.45, 2.75) is 27.6 Å². The zero-order chi connectivity index (χ0) is 23.5. The highest BCUT2D eigenvalue weighted by molar-refractivity contribution is 7.99. The molecule has 2 N–H and O–H groups in total. The van der Waals surface area contributed by atoms with Gasteiger partial charge in [-0.05, 0) is 42.4 Å². The molecule has 2 aromatic heterocycles. The molecule has 0 radical (unpaired) electrons. The van der Waals surface area contributed by atoms with Gasteiger partial charge in [-0.1, -0.05) is 66.2 Å². The Hall–Kier alpha value is -3.55. The summed E-state index contributed by atoms with van der Waals surface area (Å²) in [6, 6.07) is 27.3. The molecule has 168 valence electrons. The van der Waals surface area contributed by atoms with Gasteiger partial charge in [0, 0.05) is 33.2 Å². The van der Waals surface area contributed by atoms with Crippen LogP contribution in [0.5, 0.6) is 0 Å². The summed E-state index contributed by atoms with van der Waals surface area (Å²) in [4.78, 5) is 37.6. The van der Waals surface area contributed by atoms with E-state index in [9.17, 15) is 9.59 Å². The Bertz CT molecular complexity index is 1580. The first kappa shape index (κ1) is 22.3. The fourth-order valence-corrected chi connectivity index (χ4v) is 5.48. The summed E-state index contributed by atoms with van der Waals surface area (Å²) in [5.41, 5.74) is 3.93. The Morgan fingerprint density at radius 3 is 2.38 bits per heavy atom. The second kappa shape index (κ2) is 9.75. The molecule has 0 amide bonds. The highest BCUT2D eigenvalue weighted by Gasteiger charge is 2.17. The van der Waals surface area contributed by atoms with Crippen molar-refractivity contribution < 1.29 is 0 Å². The second-order valence-electron chi connectivity index (χ2n) is 7.82. The number of aryl methyl sites for hydroxylation is 1. The number of nitrogens with one attached hydrogen (secondary N) is 2. The number of pyridine rings is 1. The molecule has 7 heteroatoms. The number of nitrogens with zero attached hydrogens (tertiary/aromatic N) is 1. The second-order valence-corrected chi connectivity index (χ2v) is 9.86. The number of rotatable bonds is 6. The normalized spacial score (nSPS) is 11.1. The van der Waals surface area contributed by atoms with E-state index in [1.807, 2.05) is 54.6 Å². The Morgan fingerprint density at radius 2 is 1.59 bits per heavy atom. The summed E-state index contributed by atoms with van der Waals surface area (Å²) >= 11 is 2.80. The minimum atomic E-state index is -0.240. The van der Waals surface area contributed by atoms with Crippen LogP contribution in [0.1, 0.15) is 11.3 Å². The molecule has 2 heterocycles. The maximum absolute atomic E-state index is 13.1. The lowest BCUT2D eigenvalue weighted by Gasteiger charge is -2.12. The van der Waals surface area contributed by atoms with Crippen LogP contribution in [0.2, 0.25) is 0 Å². The van der Waals surface area contributed by atoms with Crippen LogP contribution >= 0.6 is 23.5 Å². The number of benzene rings is 3. The van der Waals surface area contributed by atoms with Gasteiger partial charge in [-0.25, -0.2) is 4.98 Å². The quantitative estimate of drug-likeness (QED) is 0.228. The average Bonchev–Trinajstić information content (AvgIpc) is 2.84. The lowest BCUT2D eigenvalue weighted by molar-refractivity contribution is 0.899. The van der Waals surface area contributed by atoms with Gasteiger partial charge in [0.15, 0.2) is 5.16 Å². The van der Waals surface area contributed by atoms with Gasteiger partial charge in [0.05, 0.1) is 10.6 Å². The van der Waals surface area contributed by atoms with Crippen LogP contribution in [0.4, 0.5) is 0 Å². The molecule has 0 saturated heterocycles. The van der Waals surface area contributed by atoms with E-state index in [1.54, 1.807) is 11.8 Å². The first-order chi connectivity index (χ1) is 16.6. The first-order valence-electron chi connectivity index (χ1n) is 10.7. The van der Waals surface area contributed by atoms with Crippen molar-refractivity contribution in [3.63, 3.8) is 0 Å². The van der Waals surface area contributed by atoms with Crippen molar-refractivity contribution in [2.75, 3.05) is 0 Å². The van der Waals surface area contributed by atoms with Gasteiger partial charge in [-0.15, -0.1) is 11.8 Å². The number of thioether (sulfide) groups is 1. The van der Waals surface area contributed by atoms with E-state index < -0.39 is 0 Å². The van der Waals surface area contributed by atoms with E-state index in [2.05, 4.69) is 46.1 Å². The molecule has 0 saturated carbocycles. The maximum atomic E-state index is 13.1. The van der Waals surface area contributed by atoms with Gasteiger partial charge >= 0.3 is 0 Å². The van der Waals surface area contributed by atoms with Crippen molar-refractivity contribution >= 4 is 34.4 Å². The number of aromatic amines is 2. The van der Waals surface area contributed by atoms with Crippen molar-refractivity contribution in [3.05, 3.63) is 117 Å². The SMILES string of the molecule is Cc1ccc(SCc2cc(=O)[nH]c(Sc3c(-c4ccccc4)c4ccccc4[nH]c3=O)n2)cc1. The zero-order valence-corrected chi connectivity index (χ0v) is 20.0. The molecular weight excluding hydrogens is 462 g/mol. The standard InChI is InChI=1S/C27H21N3O2S2/c1-17-11-13-20(14-12-17)33-16-19-15-23(31)30-27(28-19)34-25-24(18-7-3-2-4-8-18)21-9-5-6-10-22(21)29-26(25)32/h2-15H,16H2,1H3,(H,29,32)(H,28,30,31). The van der Waals surface area contributed by atoms with Crippen molar-refractivity contribution in [2.24, 2.45) is 0 Å². The lowest BCUT2D eigenvalue weighted by atomic mass is 10.0. The summed E-state index contributed by atoms with van der Waals surface area (Å²) < 4.78 is 0. The molecule has 5 nitrogen and oxygen atoms in total. The van der Waals surface area contributed by atoms with Gasteiger partial charge in [0.1, 0.15) is 0 Å². The van der Waals surface area contributed by atoms with Crippen LogP contribution in [0, 0.1) is 6.92 Å². The zero-order valence-electron chi connectivity index (χ0n) is 18.4. The minimum Gasteiger partial charge on any atom is -0.321 e. The van der Waals surface area contributed by atoms with Gasteiger partial charge in [0.25, 0.3) is 11.1 Å². The topological polar surface area (TPSA) is 78.6 Å². The molecule has 0 aliphatic rings. The summed E-state index contributed by atoms with van der Waals surface area (Å²) in [6.45, 7) is 2.05. The lowest BCUT2D eigenvalue weighted by Crippen LogP contribution is -2.13. The Labute approximate surface area is 204 Å². The monoisotopic (exact) mass is 483 g/mol. The minimum absolute atomic E-state index is 0.218. The van der Waals surface area contributed by atoms with Crippen LogP contribution in [0.15, 0.2) is 109 Å². The molecule has 0 unspecified atom stereocenters.